The van der Waals surface area contributed by atoms with E-state index >= 15 is 0 Å². The summed E-state index contributed by atoms with van der Waals surface area (Å²) in [5.74, 6) is 0.754. The summed E-state index contributed by atoms with van der Waals surface area (Å²) in [7, 11) is 0. The lowest BCUT2D eigenvalue weighted by Crippen LogP contribution is -2.14. The van der Waals surface area contributed by atoms with E-state index in [2.05, 4.69) is 57.4 Å². The highest BCUT2D eigenvalue weighted by Gasteiger charge is 2.12. The minimum atomic E-state index is -0.0875. The SMILES string of the molecule is CCCCCCOc1ccc(NC(=O)c2cc(I)c(C)cc2I)cc1. The number of halogens is 2. The van der Waals surface area contributed by atoms with Gasteiger partial charge in [-0.15, -0.1) is 0 Å². The maximum atomic E-state index is 12.5. The van der Waals surface area contributed by atoms with Crippen LogP contribution in [-0.2, 0) is 0 Å². The van der Waals surface area contributed by atoms with Gasteiger partial charge in [0.1, 0.15) is 5.75 Å². The lowest BCUT2D eigenvalue weighted by molar-refractivity contribution is 0.102. The summed E-state index contributed by atoms with van der Waals surface area (Å²) >= 11 is 4.46. The molecule has 0 aliphatic carbocycles. The number of amides is 1. The van der Waals surface area contributed by atoms with E-state index in [9.17, 15) is 4.79 Å². The van der Waals surface area contributed by atoms with Crippen molar-refractivity contribution in [3.8, 4) is 5.75 Å². The fourth-order valence-corrected chi connectivity index (χ4v) is 3.71. The molecule has 3 nitrogen and oxygen atoms in total. The number of hydrogen-bond donors (Lipinski definition) is 1. The number of ether oxygens (including phenoxy) is 1. The second kappa shape index (κ2) is 10.4. The molecule has 2 rings (SSSR count). The smallest absolute Gasteiger partial charge is 0.256 e. The van der Waals surface area contributed by atoms with Crippen LogP contribution in [0.3, 0.4) is 0 Å². The van der Waals surface area contributed by atoms with Crippen LogP contribution in [0, 0.1) is 14.1 Å². The third-order valence-electron chi connectivity index (χ3n) is 3.87. The van der Waals surface area contributed by atoms with Gasteiger partial charge in [0, 0.05) is 12.8 Å². The van der Waals surface area contributed by atoms with Crippen molar-refractivity contribution < 1.29 is 9.53 Å². The molecule has 5 heteroatoms. The number of carbonyl (C=O) groups is 1. The van der Waals surface area contributed by atoms with Gasteiger partial charge in [0.15, 0.2) is 0 Å². The summed E-state index contributed by atoms with van der Waals surface area (Å²) in [4.78, 5) is 12.5. The van der Waals surface area contributed by atoms with Crippen LogP contribution in [0.4, 0.5) is 5.69 Å². The average Bonchev–Trinajstić information content (AvgIpc) is 2.59. The van der Waals surface area contributed by atoms with Crippen LogP contribution in [0.5, 0.6) is 5.75 Å². The number of aryl methyl sites for hydroxylation is 1. The van der Waals surface area contributed by atoms with Gasteiger partial charge >= 0.3 is 0 Å². The van der Waals surface area contributed by atoms with Crippen molar-refractivity contribution in [2.75, 3.05) is 11.9 Å². The van der Waals surface area contributed by atoms with Gasteiger partial charge < -0.3 is 10.1 Å². The van der Waals surface area contributed by atoms with E-state index in [1.165, 1.54) is 24.8 Å². The first-order valence-electron chi connectivity index (χ1n) is 8.51. The number of rotatable bonds is 8. The van der Waals surface area contributed by atoms with E-state index in [4.69, 9.17) is 4.74 Å². The first-order valence-corrected chi connectivity index (χ1v) is 10.7. The van der Waals surface area contributed by atoms with Crippen molar-refractivity contribution in [1.82, 2.24) is 0 Å². The van der Waals surface area contributed by atoms with E-state index in [0.29, 0.717) is 5.56 Å². The Morgan fingerprint density at radius 2 is 1.76 bits per heavy atom. The first kappa shape index (κ1) is 20.5. The predicted molar refractivity (Wildman–Crippen MR) is 121 cm³/mol. The number of hydrogen-bond acceptors (Lipinski definition) is 2. The summed E-state index contributed by atoms with van der Waals surface area (Å²) in [5.41, 5.74) is 2.66. The molecule has 0 aliphatic heterocycles. The van der Waals surface area contributed by atoms with E-state index < -0.39 is 0 Å². The molecular formula is C20H23I2NO2. The van der Waals surface area contributed by atoms with Gasteiger partial charge in [-0.1, -0.05) is 26.2 Å². The Hall–Kier alpha value is -0.830. The van der Waals surface area contributed by atoms with Gasteiger partial charge in [-0.2, -0.15) is 0 Å². The van der Waals surface area contributed by atoms with Crippen molar-refractivity contribution in [2.24, 2.45) is 0 Å². The van der Waals surface area contributed by atoms with E-state index in [1.807, 2.05) is 43.3 Å². The summed E-state index contributed by atoms with van der Waals surface area (Å²) in [6, 6.07) is 11.5. The zero-order chi connectivity index (χ0) is 18.2. The van der Waals surface area contributed by atoms with Gasteiger partial charge in [0.05, 0.1) is 12.2 Å². The van der Waals surface area contributed by atoms with Crippen molar-refractivity contribution in [1.29, 1.82) is 0 Å². The molecule has 0 radical (unpaired) electrons. The Kier molecular flexibility index (Phi) is 8.48. The van der Waals surface area contributed by atoms with Gasteiger partial charge in [0.25, 0.3) is 5.91 Å². The Bertz CT molecular complexity index is 714. The lowest BCUT2D eigenvalue weighted by atomic mass is 10.1. The second-order valence-corrected chi connectivity index (χ2v) is 8.29. The topological polar surface area (TPSA) is 38.3 Å². The van der Waals surface area contributed by atoms with Crippen molar-refractivity contribution in [2.45, 2.75) is 39.5 Å². The average molecular weight is 563 g/mol. The zero-order valence-electron chi connectivity index (χ0n) is 14.6. The molecule has 0 saturated carbocycles. The summed E-state index contributed by atoms with van der Waals surface area (Å²) in [5, 5.41) is 2.95. The largest absolute Gasteiger partial charge is 0.494 e. The summed E-state index contributed by atoms with van der Waals surface area (Å²) in [6.45, 7) is 4.99. The molecule has 0 spiro atoms. The second-order valence-electron chi connectivity index (χ2n) is 5.97. The van der Waals surface area contributed by atoms with Crippen molar-refractivity contribution in [3.63, 3.8) is 0 Å². The summed E-state index contributed by atoms with van der Waals surface area (Å²) in [6.07, 6.45) is 4.77. The normalized spacial score (nSPS) is 10.6. The molecule has 0 atom stereocenters. The number of unbranched alkanes of at least 4 members (excludes halogenated alkanes) is 3. The number of anilines is 1. The summed E-state index contributed by atoms with van der Waals surface area (Å²) < 4.78 is 7.78. The van der Waals surface area contributed by atoms with E-state index in [1.54, 1.807) is 0 Å². The minimum Gasteiger partial charge on any atom is -0.494 e. The van der Waals surface area contributed by atoms with E-state index in [-0.39, 0.29) is 5.91 Å². The van der Waals surface area contributed by atoms with E-state index in [0.717, 1.165) is 31.6 Å². The molecule has 0 saturated heterocycles. The van der Waals surface area contributed by atoms with Crippen LogP contribution >= 0.6 is 45.2 Å². The molecule has 25 heavy (non-hydrogen) atoms. The van der Waals surface area contributed by atoms with Gasteiger partial charge in [-0.25, -0.2) is 0 Å². The molecule has 0 bridgehead atoms. The minimum absolute atomic E-state index is 0.0875. The zero-order valence-corrected chi connectivity index (χ0v) is 18.9. The molecule has 2 aromatic carbocycles. The Morgan fingerprint density at radius 3 is 2.44 bits per heavy atom. The van der Waals surface area contributed by atoms with Crippen molar-refractivity contribution >= 4 is 56.8 Å². The molecule has 1 amide bonds. The van der Waals surface area contributed by atoms with Gasteiger partial charge in [-0.05, 0) is 100 Å². The molecule has 0 heterocycles. The van der Waals surface area contributed by atoms with Crippen LogP contribution in [0.15, 0.2) is 36.4 Å². The van der Waals surface area contributed by atoms with Crippen molar-refractivity contribution in [3.05, 3.63) is 54.7 Å². The molecule has 0 unspecified atom stereocenters. The Balaban J connectivity index is 1.92. The Labute approximate surface area is 177 Å². The first-order chi connectivity index (χ1) is 12.0. The molecule has 134 valence electrons. The number of carbonyl (C=O) groups excluding carboxylic acids is 1. The molecule has 2 aromatic rings. The lowest BCUT2D eigenvalue weighted by Gasteiger charge is -2.10. The predicted octanol–water partition coefficient (Wildman–Crippen LogP) is 6.42. The van der Waals surface area contributed by atoms with Crippen LogP contribution in [-0.4, -0.2) is 12.5 Å². The number of nitrogens with one attached hydrogen (secondary N) is 1. The van der Waals surface area contributed by atoms with Gasteiger partial charge in [-0.3, -0.25) is 4.79 Å². The quantitative estimate of drug-likeness (QED) is 0.298. The molecular weight excluding hydrogens is 540 g/mol. The number of benzene rings is 2. The van der Waals surface area contributed by atoms with Crippen LogP contribution in [0.25, 0.3) is 0 Å². The maximum Gasteiger partial charge on any atom is 0.256 e. The highest BCUT2D eigenvalue weighted by molar-refractivity contribution is 14.1. The highest BCUT2D eigenvalue weighted by atomic mass is 127. The molecule has 0 aromatic heterocycles. The Morgan fingerprint density at radius 1 is 1.04 bits per heavy atom. The van der Waals surface area contributed by atoms with Crippen LogP contribution < -0.4 is 10.1 Å². The molecule has 0 aliphatic rings. The highest BCUT2D eigenvalue weighted by Crippen LogP contribution is 2.22. The fourth-order valence-electron chi connectivity index (χ4n) is 2.37. The molecule has 0 fully saturated rings. The molecule has 1 N–H and O–H groups in total. The van der Waals surface area contributed by atoms with Crippen LogP contribution in [0.1, 0.15) is 48.5 Å². The monoisotopic (exact) mass is 563 g/mol. The van der Waals surface area contributed by atoms with Crippen LogP contribution in [0.2, 0.25) is 0 Å². The standard InChI is InChI=1S/C20H23I2NO2/c1-3-4-5-6-11-25-16-9-7-15(8-10-16)23-20(24)17-13-18(21)14(2)12-19(17)22/h7-10,12-13H,3-6,11H2,1-2H3,(H,23,24). The third kappa shape index (κ3) is 6.44. The fraction of sp³-hybridized carbons (Fsp3) is 0.350. The van der Waals surface area contributed by atoms with Gasteiger partial charge in [0.2, 0.25) is 0 Å². The maximum absolute atomic E-state index is 12.5. The third-order valence-corrected chi connectivity index (χ3v) is 5.93.